The molecule has 0 N–H and O–H groups in total. The number of alkyl halides is 2. The van der Waals surface area contributed by atoms with Gasteiger partial charge in [-0.2, -0.15) is 0 Å². The standard InChI is InChI=1S/C21H24F2N2O6/c1-20(2,3)30-19(29)24-10-8-21(9-11-24,12-15(22)23)18(28)31-25-16(26)13-6-4-5-7-14(13)17(25)27/h4-7,15H,8-12H2,1-3H3. The van der Waals surface area contributed by atoms with Crippen molar-refractivity contribution in [1.82, 2.24) is 9.96 Å². The van der Waals surface area contributed by atoms with E-state index in [4.69, 9.17) is 9.57 Å². The molecule has 0 bridgehead atoms. The van der Waals surface area contributed by atoms with Gasteiger partial charge in [-0.3, -0.25) is 9.59 Å². The fraction of sp³-hybridized carbons (Fsp3) is 0.524. The minimum Gasteiger partial charge on any atom is -0.444 e. The van der Waals surface area contributed by atoms with Gasteiger partial charge in [-0.05, 0) is 45.7 Å². The van der Waals surface area contributed by atoms with Crippen LogP contribution in [0.3, 0.4) is 0 Å². The van der Waals surface area contributed by atoms with Crippen LogP contribution >= 0.6 is 0 Å². The Morgan fingerprint density at radius 2 is 1.58 bits per heavy atom. The molecule has 1 aromatic carbocycles. The predicted octanol–water partition coefficient (Wildman–Crippen LogP) is 3.41. The summed E-state index contributed by atoms with van der Waals surface area (Å²) in [7, 11) is 0. The molecule has 2 heterocycles. The van der Waals surface area contributed by atoms with Crippen LogP contribution in [-0.4, -0.2) is 59.0 Å². The Morgan fingerprint density at radius 3 is 2.03 bits per heavy atom. The summed E-state index contributed by atoms with van der Waals surface area (Å²) in [6, 6.07) is 5.94. The predicted molar refractivity (Wildman–Crippen MR) is 103 cm³/mol. The van der Waals surface area contributed by atoms with E-state index < -0.39 is 47.7 Å². The summed E-state index contributed by atoms with van der Waals surface area (Å²) in [5.74, 6) is -2.74. The molecule has 2 aliphatic rings. The zero-order valence-corrected chi connectivity index (χ0v) is 17.5. The first-order valence-corrected chi connectivity index (χ1v) is 9.90. The molecule has 10 heteroatoms. The molecule has 0 atom stereocenters. The number of rotatable bonds is 4. The van der Waals surface area contributed by atoms with Gasteiger partial charge >= 0.3 is 12.1 Å². The SMILES string of the molecule is CC(C)(C)OC(=O)N1CCC(CC(F)F)(C(=O)ON2C(=O)c3ccccc3C2=O)CC1. The quantitative estimate of drug-likeness (QED) is 0.669. The molecule has 0 saturated carbocycles. The normalized spacial score (nSPS) is 18.3. The number of carbonyl (C=O) groups excluding carboxylic acids is 4. The van der Waals surface area contributed by atoms with Crippen LogP contribution in [0.2, 0.25) is 0 Å². The molecule has 0 aromatic heterocycles. The second-order valence-electron chi connectivity index (χ2n) is 8.67. The van der Waals surface area contributed by atoms with Crippen molar-refractivity contribution in [3.05, 3.63) is 35.4 Å². The molecule has 0 radical (unpaired) electrons. The molecule has 0 spiro atoms. The summed E-state index contributed by atoms with van der Waals surface area (Å²) in [4.78, 5) is 56.4. The summed E-state index contributed by atoms with van der Waals surface area (Å²) in [5.41, 5.74) is -2.22. The maximum atomic E-state index is 13.3. The Kier molecular flexibility index (Phi) is 6.02. The third-order valence-corrected chi connectivity index (χ3v) is 5.28. The van der Waals surface area contributed by atoms with Crippen molar-refractivity contribution in [3.63, 3.8) is 0 Å². The zero-order chi connectivity index (χ0) is 23.0. The highest BCUT2D eigenvalue weighted by molar-refractivity contribution is 6.20. The number of amides is 3. The van der Waals surface area contributed by atoms with Gasteiger partial charge in [0, 0.05) is 19.5 Å². The average Bonchev–Trinajstić information content (AvgIpc) is 2.92. The van der Waals surface area contributed by atoms with Crippen molar-refractivity contribution in [1.29, 1.82) is 0 Å². The molecule has 8 nitrogen and oxygen atoms in total. The van der Waals surface area contributed by atoms with Crippen LogP contribution in [0.1, 0.15) is 60.7 Å². The lowest BCUT2D eigenvalue weighted by Gasteiger charge is -2.40. The third kappa shape index (κ3) is 4.67. The molecule has 1 saturated heterocycles. The number of hydrogen-bond donors (Lipinski definition) is 0. The van der Waals surface area contributed by atoms with Crippen LogP contribution in [0.15, 0.2) is 24.3 Å². The van der Waals surface area contributed by atoms with Crippen LogP contribution in [0.5, 0.6) is 0 Å². The highest BCUT2D eigenvalue weighted by atomic mass is 19.3. The molecular weight excluding hydrogens is 414 g/mol. The largest absolute Gasteiger partial charge is 0.444 e. The number of nitrogens with zero attached hydrogens (tertiary/aromatic N) is 2. The number of halogens is 2. The van der Waals surface area contributed by atoms with Crippen LogP contribution in [0.4, 0.5) is 13.6 Å². The molecule has 0 unspecified atom stereocenters. The number of piperidine rings is 1. The van der Waals surface area contributed by atoms with Crippen LogP contribution < -0.4 is 0 Å². The van der Waals surface area contributed by atoms with Crippen LogP contribution in [0.25, 0.3) is 0 Å². The number of ether oxygens (including phenoxy) is 1. The number of hydrogen-bond acceptors (Lipinski definition) is 6. The van der Waals surface area contributed by atoms with E-state index in [0.717, 1.165) is 0 Å². The van der Waals surface area contributed by atoms with Gasteiger partial charge in [0.2, 0.25) is 6.43 Å². The Bertz CT molecular complexity index is 868. The number of fused-ring (bicyclic) bond motifs is 1. The molecule has 2 aliphatic heterocycles. The van der Waals surface area contributed by atoms with Gasteiger partial charge in [-0.15, -0.1) is 0 Å². The number of carbonyl (C=O) groups is 4. The Morgan fingerprint density at radius 1 is 1.06 bits per heavy atom. The number of imide groups is 1. The molecule has 3 rings (SSSR count). The molecule has 1 fully saturated rings. The van der Waals surface area contributed by atoms with Gasteiger partial charge in [0.25, 0.3) is 11.8 Å². The monoisotopic (exact) mass is 438 g/mol. The van der Waals surface area contributed by atoms with E-state index in [1.165, 1.54) is 17.0 Å². The van der Waals surface area contributed by atoms with Crippen molar-refractivity contribution < 1.29 is 37.5 Å². The molecular formula is C21H24F2N2O6. The Hall–Kier alpha value is -3.04. The summed E-state index contributed by atoms with van der Waals surface area (Å²) < 4.78 is 31.9. The van der Waals surface area contributed by atoms with E-state index in [9.17, 15) is 28.0 Å². The van der Waals surface area contributed by atoms with Gasteiger partial charge in [-0.25, -0.2) is 18.4 Å². The van der Waals surface area contributed by atoms with Gasteiger partial charge in [0.05, 0.1) is 16.5 Å². The van der Waals surface area contributed by atoms with Crippen molar-refractivity contribution >= 4 is 23.9 Å². The Balaban J connectivity index is 1.73. The summed E-state index contributed by atoms with van der Waals surface area (Å²) >= 11 is 0. The molecule has 1 aromatic rings. The topological polar surface area (TPSA) is 93.2 Å². The van der Waals surface area contributed by atoms with Crippen molar-refractivity contribution in [2.45, 2.75) is 52.1 Å². The molecule has 31 heavy (non-hydrogen) atoms. The fourth-order valence-corrected chi connectivity index (χ4v) is 3.66. The second kappa shape index (κ2) is 8.24. The number of likely N-dealkylation sites (tertiary alicyclic amines) is 1. The van der Waals surface area contributed by atoms with Crippen molar-refractivity contribution in [2.75, 3.05) is 13.1 Å². The van der Waals surface area contributed by atoms with Gasteiger partial charge in [-0.1, -0.05) is 17.2 Å². The number of benzene rings is 1. The van der Waals surface area contributed by atoms with E-state index >= 15 is 0 Å². The highest BCUT2D eigenvalue weighted by Crippen LogP contribution is 2.40. The average molecular weight is 438 g/mol. The third-order valence-electron chi connectivity index (χ3n) is 5.28. The summed E-state index contributed by atoms with van der Waals surface area (Å²) in [6.07, 6.45) is -4.46. The van der Waals surface area contributed by atoms with Gasteiger partial charge in [0.1, 0.15) is 5.60 Å². The van der Waals surface area contributed by atoms with E-state index in [-0.39, 0.29) is 37.1 Å². The highest BCUT2D eigenvalue weighted by Gasteiger charge is 2.49. The number of hydroxylamine groups is 2. The maximum absolute atomic E-state index is 13.3. The Labute approximate surface area is 178 Å². The first kappa shape index (κ1) is 22.6. The van der Waals surface area contributed by atoms with Crippen LogP contribution in [0, 0.1) is 5.41 Å². The first-order chi connectivity index (χ1) is 14.4. The summed E-state index contributed by atoms with van der Waals surface area (Å²) in [5, 5.41) is 0.320. The fourth-order valence-electron chi connectivity index (χ4n) is 3.66. The van der Waals surface area contributed by atoms with E-state index in [2.05, 4.69) is 0 Å². The second-order valence-corrected chi connectivity index (χ2v) is 8.67. The molecule has 3 amide bonds. The minimum absolute atomic E-state index is 0.00114. The van der Waals surface area contributed by atoms with Gasteiger partial charge < -0.3 is 14.5 Å². The smallest absolute Gasteiger partial charge is 0.410 e. The lowest BCUT2D eigenvalue weighted by molar-refractivity contribution is -0.187. The van der Waals surface area contributed by atoms with E-state index in [1.54, 1.807) is 32.9 Å². The lowest BCUT2D eigenvalue weighted by atomic mass is 9.76. The van der Waals surface area contributed by atoms with Crippen molar-refractivity contribution in [2.24, 2.45) is 5.41 Å². The van der Waals surface area contributed by atoms with Crippen LogP contribution in [-0.2, 0) is 14.4 Å². The lowest BCUT2D eigenvalue weighted by Crippen LogP contribution is -2.50. The van der Waals surface area contributed by atoms with E-state index in [1.807, 2.05) is 0 Å². The molecule has 168 valence electrons. The van der Waals surface area contributed by atoms with Gasteiger partial charge in [0.15, 0.2) is 0 Å². The van der Waals surface area contributed by atoms with Crippen molar-refractivity contribution in [3.8, 4) is 0 Å². The first-order valence-electron chi connectivity index (χ1n) is 9.90. The maximum Gasteiger partial charge on any atom is 0.410 e. The van der Waals surface area contributed by atoms with E-state index in [0.29, 0.717) is 5.06 Å². The summed E-state index contributed by atoms with van der Waals surface area (Å²) in [6.45, 7) is 5.11. The minimum atomic E-state index is -2.82. The molecule has 0 aliphatic carbocycles. The zero-order valence-electron chi connectivity index (χ0n) is 17.5.